The van der Waals surface area contributed by atoms with Gasteiger partial charge in [-0.1, -0.05) is 113 Å². The maximum absolute atomic E-state index is 11.2. The lowest BCUT2D eigenvalue weighted by molar-refractivity contribution is 0.354. The van der Waals surface area contributed by atoms with Gasteiger partial charge in [0, 0.05) is 23.5 Å². The van der Waals surface area contributed by atoms with Crippen molar-refractivity contribution < 1.29 is 25.9 Å². The summed E-state index contributed by atoms with van der Waals surface area (Å²) in [6.45, 7) is 8.93. The molecule has 47 heavy (non-hydrogen) atoms. The van der Waals surface area contributed by atoms with Gasteiger partial charge in [-0.25, -0.2) is 0 Å². The fraction of sp³-hybridized carbons (Fsp3) is 0.676. The standard InChI is InChI=1S/C29H46N2O6S2.8CH4/c1-5-24(30-26-13-17-28(18-14-26)38(32,33)34)11-7-9-22(3)21-23(4)10-8-12-25(6-2)31-27-15-19-29(20-16-27)39(35,36)37;;;;;;;;/h13-20,22-25,30-31H,5-12,21H2,1-4H3,(H,32,33,34)(H,35,36,37);8*1H4. The van der Waals surface area contributed by atoms with Crippen LogP contribution in [0.4, 0.5) is 11.4 Å². The normalized spacial score (nSPS) is 12.7. The Bertz CT molecular complexity index is 1110. The zero-order chi connectivity index (χ0) is 29.1. The van der Waals surface area contributed by atoms with Crippen molar-refractivity contribution in [1.29, 1.82) is 0 Å². The first-order chi connectivity index (χ1) is 18.3. The van der Waals surface area contributed by atoms with Gasteiger partial charge in [-0.15, -0.1) is 0 Å². The predicted octanol–water partition coefficient (Wildman–Crippen LogP) is 12.4. The molecule has 0 saturated heterocycles. The number of benzene rings is 2. The van der Waals surface area contributed by atoms with E-state index in [0.717, 1.165) is 49.9 Å². The first-order valence-electron chi connectivity index (χ1n) is 14.0. The summed E-state index contributed by atoms with van der Waals surface area (Å²) in [7, 11) is -8.35. The fourth-order valence-electron chi connectivity index (χ4n) is 5.02. The molecular formula is C37H78N2O6S2. The molecule has 0 saturated carbocycles. The quantitative estimate of drug-likeness (QED) is 0.112. The van der Waals surface area contributed by atoms with Crippen LogP contribution in [0.15, 0.2) is 58.3 Å². The maximum Gasteiger partial charge on any atom is 0.294 e. The van der Waals surface area contributed by atoms with E-state index < -0.39 is 20.2 Å². The van der Waals surface area contributed by atoms with Crippen LogP contribution in [0.5, 0.6) is 0 Å². The third-order valence-corrected chi connectivity index (χ3v) is 9.07. The smallest absolute Gasteiger partial charge is 0.294 e. The van der Waals surface area contributed by atoms with Gasteiger partial charge in [0.1, 0.15) is 0 Å². The molecule has 0 aliphatic rings. The molecule has 0 spiro atoms. The Morgan fingerprint density at radius 3 is 1.04 bits per heavy atom. The SMILES string of the molecule is C.C.C.C.C.C.C.C.CCC(CCCC(C)CC(C)CCCC(CC)Nc1ccc(S(=O)(=O)O)cc1)Nc1ccc(S(=O)(=O)O)cc1. The maximum atomic E-state index is 11.2. The van der Waals surface area contributed by atoms with Gasteiger partial charge >= 0.3 is 0 Å². The Morgan fingerprint density at radius 1 is 0.532 bits per heavy atom. The van der Waals surface area contributed by atoms with Crippen molar-refractivity contribution in [2.75, 3.05) is 10.6 Å². The first-order valence-corrected chi connectivity index (χ1v) is 16.9. The van der Waals surface area contributed by atoms with Crippen LogP contribution in [0.2, 0.25) is 0 Å². The van der Waals surface area contributed by atoms with E-state index in [2.05, 4.69) is 38.3 Å². The van der Waals surface area contributed by atoms with Crippen LogP contribution in [0, 0.1) is 11.8 Å². The molecule has 8 nitrogen and oxygen atoms in total. The van der Waals surface area contributed by atoms with E-state index in [-0.39, 0.29) is 69.2 Å². The van der Waals surface area contributed by atoms with Crippen molar-refractivity contribution in [2.24, 2.45) is 11.8 Å². The van der Waals surface area contributed by atoms with Gasteiger partial charge < -0.3 is 10.6 Å². The van der Waals surface area contributed by atoms with E-state index in [1.54, 1.807) is 24.3 Å². The molecule has 4 atom stereocenters. The van der Waals surface area contributed by atoms with Gasteiger partial charge in [0.05, 0.1) is 9.79 Å². The lowest BCUT2D eigenvalue weighted by Crippen LogP contribution is -2.19. The Hall–Kier alpha value is -2.14. The zero-order valence-electron chi connectivity index (χ0n) is 23.6. The van der Waals surface area contributed by atoms with Crippen molar-refractivity contribution in [1.82, 2.24) is 0 Å². The number of nitrogens with one attached hydrogen (secondary N) is 2. The van der Waals surface area contributed by atoms with E-state index in [1.165, 1.54) is 43.5 Å². The van der Waals surface area contributed by atoms with Gasteiger partial charge in [0.15, 0.2) is 0 Å². The topological polar surface area (TPSA) is 133 Å². The van der Waals surface area contributed by atoms with Gasteiger partial charge in [0.2, 0.25) is 0 Å². The summed E-state index contributed by atoms with van der Waals surface area (Å²) in [5.74, 6) is 1.29. The van der Waals surface area contributed by atoms with Crippen molar-refractivity contribution >= 4 is 31.6 Å². The van der Waals surface area contributed by atoms with Crippen molar-refractivity contribution in [3.8, 4) is 0 Å². The lowest BCUT2D eigenvalue weighted by Gasteiger charge is -2.22. The molecule has 2 aromatic carbocycles. The monoisotopic (exact) mass is 711 g/mol. The van der Waals surface area contributed by atoms with Gasteiger partial charge in [-0.05, 0) is 92.5 Å². The van der Waals surface area contributed by atoms with Crippen LogP contribution in [-0.2, 0) is 20.2 Å². The molecule has 0 aliphatic heterocycles. The second-order valence-electron chi connectivity index (χ2n) is 10.8. The summed E-state index contributed by atoms with van der Waals surface area (Å²) in [6, 6.07) is 13.0. The molecule has 284 valence electrons. The summed E-state index contributed by atoms with van der Waals surface area (Å²) in [5.41, 5.74) is 1.71. The first kappa shape index (κ1) is 60.2. The van der Waals surface area contributed by atoms with Crippen LogP contribution in [0.1, 0.15) is 145 Å². The molecule has 4 unspecified atom stereocenters. The fourth-order valence-corrected chi connectivity index (χ4v) is 5.98. The summed E-state index contributed by atoms with van der Waals surface area (Å²) < 4.78 is 63.1. The molecule has 0 heterocycles. The molecule has 0 bridgehead atoms. The van der Waals surface area contributed by atoms with Gasteiger partial charge in [0.25, 0.3) is 20.2 Å². The van der Waals surface area contributed by atoms with Crippen LogP contribution >= 0.6 is 0 Å². The highest BCUT2D eigenvalue weighted by Gasteiger charge is 2.14. The van der Waals surface area contributed by atoms with Crippen molar-refractivity contribution in [2.45, 2.75) is 167 Å². The molecule has 2 aromatic rings. The zero-order valence-corrected chi connectivity index (χ0v) is 25.3. The molecule has 2 rings (SSSR count). The largest absolute Gasteiger partial charge is 0.382 e. The van der Waals surface area contributed by atoms with E-state index in [1.807, 2.05) is 0 Å². The van der Waals surface area contributed by atoms with E-state index in [9.17, 15) is 16.8 Å². The summed E-state index contributed by atoms with van der Waals surface area (Å²) in [4.78, 5) is -0.197. The van der Waals surface area contributed by atoms with E-state index in [0.29, 0.717) is 23.9 Å². The molecule has 0 amide bonds. The molecule has 0 aliphatic carbocycles. The third kappa shape index (κ3) is 23.0. The minimum absolute atomic E-state index is 0. The summed E-state index contributed by atoms with van der Waals surface area (Å²) in [5, 5.41) is 6.94. The summed E-state index contributed by atoms with van der Waals surface area (Å²) in [6.07, 6.45) is 9.83. The predicted molar refractivity (Wildman–Crippen MR) is 212 cm³/mol. The molecule has 4 N–H and O–H groups in total. The average Bonchev–Trinajstić information content (AvgIpc) is 2.87. The van der Waals surface area contributed by atoms with Crippen LogP contribution in [0.25, 0.3) is 0 Å². The second kappa shape index (κ2) is 28.8. The highest BCUT2D eigenvalue weighted by molar-refractivity contribution is 7.86. The summed E-state index contributed by atoms with van der Waals surface area (Å²) >= 11 is 0. The van der Waals surface area contributed by atoms with E-state index >= 15 is 0 Å². The third-order valence-electron chi connectivity index (χ3n) is 7.34. The number of hydrogen-bond donors (Lipinski definition) is 4. The minimum Gasteiger partial charge on any atom is -0.382 e. The lowest BCUT2D eigenvalue weighted by atomic mass is 9.89. The molecule has 0 aromatic heterocycles. The molecule has 0 radical (unpaired) electrons. The van der Waals surface area contributed by atoms with Crippen LogP contribution in [0.3, 0.4) is 0 Å². The van der Waals surface area contributed by atoms with Crippen molar-refractivity contribution in [3.63, 3.8) is 0 Å². The van der Waals surface area contributed by atoms with Gasteiger partial charge in [-0.2, -0.15) is 16.8 Å². The molecule has 0 fully saturated rings. The highest BCUT2D eigenvalue weighted by Crippen LogP contribution is 2.25. The Labute approximate surface area is 294 Å². The number of hydrogen-bond acceptors (Lipinski definition) is 6. The number of anilines is 2. The minimum atomic E-state index is -4.17. The Morgan fingerprint density at radius 2 is 0.809 bits per heavy atom. The second-order valence-corrected chi connectivity index (χ2v) is 13.6. The molecular weight excluding hydrogens is 633 g/mol. The Kier molecular flexibility index (Phi) is 36.9. The average molecular weight is 711 g/mol. The van der Waals surface area contributed by atoms with Crippen LogP contribution < -0.4 is 10.6 Å². The van der Waals surface area contributed by atoms with E-state index in [4.69, 9.17) is 9.11 Å². The number of rotatable bonds is 18. The highest BCUT2D eigenvalue weighted by atomic mass is 32.2. The Balaban J connectivity index is -0.000000400. The molecule has 10 heteroatoms. The van der Waals surface area contributed by atoms with Crippen molar-refractivity contribution in [3.05, 3.63) is 48.5 Å². The van der Waals surface area contributed by atoms with Crippen LogP contribution in [-0.4, -0.2) is 38.0 Å². The van der Waals surface area contributed by atoms with Gasteiger partial charge in [-0.3, -0.25) is 9.11 Å².